The monoisotopic (exact) mass is 275 g/mol. The van der Waals surface area contributed by atoms with Crippen LogP contribution in [0.1, 0.15) is 0 Å². The Labute approximate surface area is 93.8 Å². The van der Waals surface area contributed by atoms with E-state index in [9.17, 15) is 21.6 Å². The molecular weight excluding hydrogens is 271 g/mol. The third kappa shape index (κ3) is 3.54. The first kappa shape index (κ1) is 13.1. The molecule has 0 amide bonds. The van der Waals surface area contributed by atoms with Crippen molar-refractivity contribution in [1.82, 2.24) is 0 Å². The van der Waals surface area contributed by atoms with E-state index in [0.717, 1.165) is 18.2 Å². The Balaban J connectivity index is 3.11. The maximum Gasteiger partial charge on any atom is 0.573 e. The molecule has 0 spiro atoms. The standard InChI is InChI=1S/C7H5ClF3NO3S/c8-5-3-4(16(12,13)14)1-2-6(5)15-7(9,10)11/h1-3H,(H2,12,13,14). The van der Waals surface area contributed by atoms with Crippen LogP contribution in [0.4, 0.5) is 13.2 Å². The molecule has 16 heavy (non-hydrogen) atoms. The van der Waals surface area contributed by atoms with Gasteiger partial charge in [-0.3, -0.25) is 0 Å². The highest BCUT2D eigenvalue weighted by Crippen LogP contribution is 2.31. The smallest absolute Gasteiger partial charge is 0.404 e. The highest BCUT2D eigenvalue weighted by molar-refractivity contribution is 7.89. The maximum absolute atomic E-state index is 11.8. The minimum Gasteiger partial charge on any atom is -0.404 e. The number of primary sulfonamides is 1. The fourth-order valence-electron chi connectivity index (χ4n) is 0.866. The van der Waals surface area contributed by atoms with Crippen LogP contribution in [0.2, 0.25) is 5.02 Å². The molecule has 4 nitrogen and oxygen atoms in total. The lowest BCUT2D eigenvalue weighted by atomic mass is 10.3. The third-order valence-corrected chi connectivity index (χ3v) is 2.66. The molecule has 0 aromatic heterocycles. The van der Waals surface area contributed by atoms with Crippen LogP contribution in [0.25, 0.3) is 0 Å². The Morgan fingerprint density at radius 1 is 1.31 bits per heavy atom. The van der Waals surface area contributed by atoms with Crippen LogP contribution in [0.3, 0.4) is 0 Å². The summed E-state index contributed by atoms with van der Waals surface area (Å²) in [7, 11) is -4.01. The molecule has 0 heterocycles. The Morgan fingerprint density at radius 2 is 1.88 bits per heavy atom. The third-order valence-electron chi connectivity index (χ3n) is 1.46. The number of ether oxygens (including phenoxy) is 1. The van der Waals surface area contributed by atoms with Crippen molar-refractivity contribution in [2.45, 2.75) is 11.3 Å². The highest BCUT2D eigenvalue weighted by atomic mass is 35.5. The zero-order valence-corrected chi connectivity index (χ0v) is 9.03. The molecule has 0 saturated heterocycles. The van der Waals surface area contributed by atoms with Gasteiger partial charge in [0.15, 0.2) is 0 Å². The predicted molar refractivity (Wildman–Crippen MR) is 49.5 cm³/mol. The summed E-state index contributed by atoms with van der Waals surface area (Å²) in [6.45, 7) is 0. The normalized spacial score (nSPS) is 12.6. The van der Waals surface area contributed by atoms with Gasteiger partial charge in [-0.1, -0.05) is 11.6 Å². The number of hydrogen-bond acceptors (Lipinski definition) is 3. The number of hydrogen-bond donors (Lipinski definition) is 1. The number of halogens is 4. The SMILES string of the molecule is NS(=O)(=O)c1ccc(OC(F)(F)F)c(Cl)c1. The van der Waals surface area contributed by atoms with Gasteiger partial charge in [-0.05, 0) is 18.2 Å². The zero-order valence-electron chi connectivity index (χ0n) is 7.45. The molecule has 9 heteroatoms. The summed E-state index contributed by atoms with van der Waals surface area (Å²) in [5.74, 6) is -0.693. The molecule has 0 radical (unpaired) electrons. The van der Waals surface area contributed by atoms with E-state index in [1.54, 1.807) is 0 Å². The lowest BCUT2D eigenvalue weighted by molar-refractivity contribution is -0.274. The van der Waals surface area contributed by atoms with Gasteiger partial charge in [-0.15, -0.1) is 13.2 Å². The van der Waals surface area contributed by atoms with Gasteiger partial charge in [0, 0.05) is 0 Å². The number of nitrogens with two attached hydrogens (primary N) is 1. The molecule has 2 N–H and O–H groups in total. The number of alkyl halides is 3. The van der Waals surface area contributed by atoms with E-state index in [1.807, 2.05) is 0 Å². The van der Waals surface area contributed by atoms with Crippen molar-refractivity contribution in [3.8, 4) is 5.75 Å². The van der Waals surface area contributed by atoms with Gasteiger partial charge in [0.2, 0.25) is 10.0 Å². The molecule has 0 aliphatic carbocycles. The second-order valence-corrected chi connectivity index (χ2v) is 4.65. The minimum absolute atomic E-state index is 0.396. The van der Waals surface area contributed by atoms with E-state index in [1.165, 1.54) is 0 Å². The van der Waals surface area contributed by atoms with E-state index in [0.29, 0.717) is 0 Å². The second kappa shape index (κ2) is 4.11. The quantitative estimate of drug-likeness (QED) is 0.896. The molecule has 1 rings (SSSR count). The molecular formula is C7H5ClF3NO3S. The summed E-state index contributed by atoms with van der Waals surface area (Å²) in [6.07, 6.45) is -4.90. The zero-order chi connectivity index (χ0) is 12.6. The van der Waals surface area contributed by atoms with Gasteiger partial charge in [-0.25, -0.2) is 13.6 Å². The van der Waals surface area contributed by atoms with E-state index in [-0.39, 0.29) is 0 Å². The second-order valence-electron chi connectivity index (χ2n) is 2.69. The van der Waals surface area contributed by atoms with Gasteiger partial charge in [-0.2, -0.15) is 0 Å². The van der Waals surface area contributed by atoms with Crippen LogP contribution in [-0.2, 0) is 10.0 Å². The average Bonchev–Trinajstić information content (AvgIpc) is 2.04. The van der Waals surface area contributed by atoms with E-state index in [2.05, 4.69) is 4.74 Å². The van der Waals surface area contributed by atoms with Gasteiger partial charge in [0.25, 0.3) is 0 Å². The van der Waals surface area contributed by atoms with E-state index >= 15 is 0 Å². The Kier molecular flexibility index (Phi) is 3.36. The molecule has 1 aromatic rings. The van der Waals surface area contributed by atoms with Crippen LogP contribution >= 0.6 is 11.6 Å². The molecule has 1 aromatic carbocycles. The van der Waals surface area contributed by atoms with Crippen LogP contribution in [0, 0.1) is 0 Å². The molecule has 0 unspecified atom stereocenters. The highest BCUT2D eigenvalue weighted by Gasteiger charge is 2.32. The van der Waals surface area contributed by atoms with Crippen LogP contribution in [0.5, 0.6) is 5.75 Å². The fourth-order valence-corrected chi connectivity index (χ4v) is 1.69. The minimum atomic E-state index is -4.90. The van der Waals surface area contributed by atoms with Crippen molar-refractivity contribution in [2.75, 3.05) is 0 Å². The summed E-state index contributed by atoms with van der Waals surface area (Å²) in [5, 5.41) is 4.26. The Bertz CT molecular complexity index is 500. The fraction of sp³-hybridized carbons (Fsp3) is 0.143. The number of benzene rings is 1. The van der Waals surface area contributed by atoms with Crippen LogP contribution < -0.4 is 9.88 Å². The Morgan fingerprint density at radius 3 is 2.25 bits per heavy atom. The van der Waals surface area contributed by atoms with Gasteiger partial charge in [0.05, 0.1) is 9.92 Å². The van der Waals surface area contributed by atoms with Gasteiger partial charge >= 0.3 is 6.36 Å². The van der Waals surface area contributed by atoms with Crippen molar-refractivity contribution < 1.29 is 26.3 Å². The van der Waals surface area contributed by atoms with Gasteiger partial charge in [0.1, 0.15) is 5.75 Å². The largest absolute Gasteiger partial charge is 0.573 e. The molecule has 90 valence electrons. The number of rotatable bonds is 2. The lowest BCUT2D eigenvalue weighted by Gasteiger charge is -2.10. The molecule has 0 aliphatic heterocycles. The summed E-state index contributed by atoms with van der Waals surface area (Å²) in [6, 6.07) is 2.41. The maximum atomic E-state index is 11.8. The molecule has 0 saturated carbocycles. The van der Waals surface area contributed by atoms with Crippen molar-refractivity contribution in [2.24, 2.45) is 5.14 Å². The summed E-state index contributed by atoms with van der Waals surface area (Å²) in [4.78, 5) is -0.396. The summed E-state index contributed by atoms with van der Waals surface area (Å²) >= 11 is 5.40. The summed E-state index contributed by atoms with van der Waals surface area (Å²) in [5.41, 5.74) is 0. The van der Waals surface area contributed by atoms with Crippen molar-refractivity contribution in [3.05, 3.63) is 23.2 Å². The van der Waals surface area contributed by atoms with Crippen molar-refractivity contribution in [1.29, 1.82) is 0 Å². The topological polar surface area (TPSA) is 69.4 Å². The van der Waals surface area contributed by atoms with Crippen molar-refractivity contribution in [3.63, 3.8) is 0 Å². The number of sulfonamides is 1. The van der Waals surface area contributed by atoms with E-state index in [4.69, 9.17) is 16.7 Å². The van der Waals surface area contributed by atoms with E-state index < -0.39 is 32.1 Å². The van der Waals surface area contributed by atoms with Crippen LogP contribution in [-0.4, -0.2) is 14.8 Å². The molecule has 0 aliphatic rings. The lowest BCUT2D eigenvalue weighted by Crippen LogP contribution is -2.18. The molecule has 0 atom stereocenters. The average molecular weight is 276 g/mol. The predicted octanol–water partition coefficient (Wildman–Crippen LogP) is 1.89. The molecule has 0 fully saturated rings. The molecule has 0 bridgehead atoms. The first-order chi connectivity index (χ1) is 7.09. The van der Waals surface area contributed by atoms with Crippen molar-refractivity contribution >= 4 is 21.6 Å². The summed E-state index contributed by atoms with van der Waals surface area (Å²) < 4.78 is 60.7. The van der Waals surface area contributed by atoms with Crippen LogP contribution in [0.15, 0.2) is 23.1 Å². The van der Waals surface area contributed by atoms with Gasteiger partial charge < -0.3 is 4.74 Å². The first-order valence-electron chi connectivity index (χ1n) is 3.68. The first-order valence-corrected chi connectivity index (χ1v) is 5.60. The Hall–Kier alpha value is -0.990.